The highest BCUT2D eigenvalue weighted by molar-refractivity contribution is 5.94. The molecule has 90 valence electrons. The summed E-state index contributed by atoms with van der Waals surface area (Å²) in [6.07, 6.45) is 2.66. The van der Waals surface area contributed by atoms with Crippen LogP contribution in [0.15, 0.2) is 24.3 Å². The van der Waals surface area contributed by atoms with Crippen LogP contribution in [0.4, 0.5) is 0 Å². The number of carbonyl (C=O) groups is 1. The minimum Gasteiger partial charge on any atom is -0.303 e. The van der Waals surface area contributed by atoms with E-state index >= 15 is 0 Å². The van der Waals surface area contributed by atoms with Crippen LogP contribution < -0.4 is 0 Å². The van der Waals surface area contributed by atoms with Gasteiger partial charge in [0.2, 0.25) is 0 Å². The van der Waals surface area contributed by atoms with Crippen LogP contribution in [0.5, 0.6) is 0 Å². The fraction of sp³-hybridized carbons (Fsp3) is 0.533. The molecule has 1 aromatic rings. The molecule has 2 heteroatoms. The lowest BCUT2D eigenvalue weighted by molar-refractivity contribution is 0.0870. The third-order valence-electron chi connectivity index (χ3n) is 4.38. The van der Waals surface area contributed by atoms with Gasteiger partial charge in [-0.05, 0) is 56.3 Å². The summed E-state index contributed by atoms with van der Waals surface area (Å²) in [5.74, 6) is 1.66. The predicted molar refractivity (Wildman–Crippen MR) is 68.4 cm³/mol. The molecule has 3 fully saturated rings. The number of carbonyl (C=O) groups excluding carboxylic acids is 1. The summed E-state index contributed by atoms with van der Waals surface area (Å²) < 4.78 is 0. The number of benzene rings is 1. The van der Waals surface area contributed by atoms with Gasteiger partial charge in [0.15, 0.2) is 5.78 Å². The number of rotatable bonds is 2. The number of hydrogen-bond acceptors (Lipinski definition) is 2. The molecule has 1 atom stereocenters. The van der Waals surface area contributed by atoms with Gasteiger partial charge in [-0.25, -0.2) is 0 Å². The molecule has 0 amide bonds. The van der Waals surface area contributed by atoms with Crippen molar-refractivity contribution in [3.05, 3.63) is 35.4 Å². The Labute approximate surface area is 103 Å². The summed E-state index contributed by atoms with van der Waals surface area (Å²) in [5.41, 5.74) is 2.23. The molecule has 2 bridgehead atoms. The Morgan fingerprint density at radius 1 is 1.29 bits per heavy atom. The largest absolute Gasteiger partial charge is 0.303 e. The minimum absolute atomic E-state index is 0.174. The van der Waals surface area contributed by atoms with Gasteiger partial charge in [-0.15, -0.1) is 0 Å². The van der Waals surface area contributed by atoms with Gasteiger partial charge in [-0.2, -0.15) is 0 Å². The van der Waals surface area contributed by atoms with Gasteiger partial charge in [-0.1, -0.05) is 18.2 Å². The molecule has 0 radical (unpaired) electrons. The molecule has 3 saturated heterocycles. The number of Topliss-reactive ketones (excluding diaryl/α,β-unsaturated/α-hetero) is 1. The molecule has 0 N–H and O–H groups in total. The van der Waals surface area contributed by atoms with E-state index < -0.39 is 0 Å². The fourth-order valence-electron chi connectivity index (χ4n) is 3.33. The third-order valence-corrected chi connectivity index (χ3v) is 4.38. The summed E-state index contributed by atoms with van der Waals surface area (Å²) in [5, 5.41) is 0. The van der Waals surface area contributed by atoms with E-state index in [0.717, 1.165) is 11.5 Å². The number of nitrogens with zero attached hydrogens (tertiary/aromatic N) is 1. The van der Waals surface area contributed by atoms with Crippen LogP contribution in [0.3, 0.4) is 0 Å². The van der Waals surface area contributed by atoms with E-state index in [1.54, 1.807) is 6.92 Å². The SMILES string of the molecule is CC(=O)c1cccc(C2CN3CCC2CC3)c1. The molecule has 3 aliphatic rings. The van der Waals surface area contributed by atoms with E-state index in [0.29, 0.717) is 5.92 Å². The molecule has 17 heavy (non-hydrogen) atoms. The molecule has 1 unspecified atom stereocenters. The summed E-state index contributed by atoms with van der Waals surface area (Å²) >= 11 is 0. The van der Waals surface area contributed by atoms with Gasteiger partial charge < -0.3 is 4.90 Å². The summed E-state index contributed by atoms with van der Waals surface area (Å²) in [6.45, 7) is 5.38. The number of hydrogen-bond donors (Lipinski definition) is 0. The summed E-state index contributed by atoms with van der Waals surface area (Å²) in [7, 11) is 0. The average molecular weight is 229 g/mol. The maximum Gasteiger partial charge on any atom is 0.159 e. The fourth-order valence-corrected chi connectivity index (χ4v) is 3.33. The van der Waals surface area contributed by atoms with Crippen molar-refractivity contribution in [2.24, 2.45) is 5.92 Å². The van der Waals surface area contributed by atoms with Crippen LogP contribution in [0, 0.1) is 5.92 Å². The van der Waals surface area contributed by atoms with Crippen LogP contribution in [-0.4, -0.2) is 30.3 Å². The molecule has 0 spiro atoms. The van der Waals surface area contributed by atoms with Crippen LogP contribution >= 0.6 is 0 Å². The van der Waals surface area contributed by atoms with Crippen molar-refractivity contribution in [3.8, 4) is 0 Å². The molecular weight excluding hydrogens is 210 g/mol. The molecule has 1 aromatic carbocycles. The number of ketones is 1. The van der Waals surface area contributed by atoms with Crippen LogP contribution in [-0.2, 0) is 0 Å². The highest BCUT2D eigenvalue weighted by atomic mass is 16.1. The van der Waals surface area contributed by atoms with Crippen molar-refractivity contribution in [1.29, 1.82) is 0 Å². The van der Waals surface area contributed by atoms with Gasteiger partial charge in [0.25, 0.3) is 0 Å². The van der Waals surface area contributed by atoms with E-state index in [1.165, 1.54) is 38.0 Å². The van der Waals surface area contributed by atoms with Crippen molar-refractivity contribution in [2.45, 2.75) is 25.7 Å². The Kier molecular flexibility index (Phi) is 2.75. The van der Waals surface area contributed by atoms with Crippen molar-refractivity contribution < 1.29 is 4.79 Å². The molecule has 0 aromatic heterocycles. The maximum absolute atomic E-state index is 11.4. The quantitative estimate of drug-likeness (QED) is 0.727. The van der Waals surface area contributed by atoms with E-state index in [1.807, 2.05) is 12.1 Å². The Balaban J connectivity index is 1.88. The average Bonchev–Trinajstić information content (AvgIpc) is 2.40. The van der Waals surface area contributed by atoms with Gasteiger partial charge in [0, 0.05) is 12.1 Å². The molecule has 0 aliphatic carbocycles. The summed E-state index contributed by atoms with van der Waals surface area (Å²) in [4.78, 5) is 14.0. The second-order valence-electron chi connectivity index (χ2n) is 5.43. The van der Waals surface area contributed by atoms with E-state index in [-0.39, 0.29) is 5.78 Å². The van der Waals surface area contributed by atoms with Crippen LogP contribution in [0.2, 0.25) is 0 Å². The lowest BCUT2D eigenvalue weighted by Gasteiger charge is -2.45. The monoisotopic (exact) mass is 229 g/mol. The van der Waals surface area contributed by atoms with Gasteiger partial charge >= 0.3 is 0 Å². The Morgan fingerprint density at radius 2 is 2.06 bits per heavy atom. The molecule has 2 nitrogen and oxygen atoms in total. The number of fused-ring (bicyclic) bond motifs is 3. The lowest BCUT2D eigenvalue weighted by Crippen LogP contribution is -2.46. The second kappa shape index (κ2) is 4.26. The van der Waals surface area contributed by atoms with Crippen molar-refractivity contribution in [3.63, 3.8) is 0 Å². The first-order valence-corrected chi connectivity index (χ1v) is 6.57. The zero-order chi connectivity index (χ0) is 11.8. The highest BCUT2D eigenvalue weighted by Crippen LogP contribution is 2.38. The van der Waals surface area contributed by atoms with Gasteiger partial charge in [-0.3, -0.25) is 4.79 Å². The first kappa shape index (κ1) is 11.0. The third kappa shape index (κ3) is 2.02. The Hall–Kier alpha value is -1.15. The molecule has 0 saturated carbocycles. The van der Waals surface area contributed by atoms with Crippen molar-refractivity contribution >= 4 is 5.78 Å². The van der Waals surface area contributed by atoms with E-state index in [9.17, 15) is 4.79 Å². The maximum atomic E-state index is 11.4. The smallest absolute Gasteiger partial charge is 0.159 e. The molecule has 3 heterocycles. The predicted octanol–water partition coefficient (Wildman–Crippen LogP) is 2.70. The second-order valence-corrected chi connectivity index (χ2v) is 5.43. The van der Waals surface area contributed by atoms with Crippen molar-refractivity contribution in [2.75, 3.05) is 19.6 Å². The van der Waals surface area contributed by atoms with Crippen LogP contribution in [0.1, 0.15) is 41.6 Å². The minimum atomic E-state index is 0.174. The first-order valence-electron chi connectivity index (χ1n) is 6.57. The lowest BCUT2D eigenvalue weighted by atomic mass is 9.75. The summed E-state index contributed by atoms with van der Waals surface area (Å²) in [6, 6.07) is 8.25. The molecular formula is C15H19NO. The first-order chi connectivity index (χ1) is 8.24. The zero-order valence-electron chi connectivity index (χ0n) is 10.4. The molecule has 3 aliphatic heterocycles. The Morgan fingerprint density at radius 3 is 2.65 bits per heavy atom. The van der Waals surface area contributed by atoms with Gasteiger partial charge in [0.1, 0.15) is 0 Å². The number of piperidine rings is 3. The normalized spacial score (nSPS) is 31.5. The van der Waals surface area contributed by atoms with Gasteiger partial charge in [0.05, 0.1) is 0 Å². The van der Waals surface area contributed by atoms with E-state index in [4.69, 9.17) is 0 Å². The highest BCUT2D eigenvalue weighted by Gasteiger charge is 2.34. The van der Waals surface area contributed by atoms with E-state index in [2.05, 4.69) is 17.0 Å². The van der Waals surface area contributed by atoms with Crippen molar-refractivity contribution in [1.82, 2.24) is 4.90 Å². The topological polar surface area (TPSA) is 20.3 Å². The molecule has 4 rings (SSSR count). The van der Waals surface area contributed by atoms with Crippen LogP contribution in [0.25, 0.3) is 0 Å². The zero-order valence-corrected chi connectivity index (χ0v) is 10.4. The Bertz CT molecular complexity index is 432. The standard InChI is InChI=1S/C15H19NO/c1-11(17)13-3-2-4-14(9-13)15-10-16-7-5-12(15)6-8-16/h2-4,9,12,15H,5-8,10H2,1H3.